The van der Waals surface area contributed by atoms with E-state index in [1.807, 2.05) is 42.5 Å². The lowest BCUT2D eigenvalue weighted by Crippen LogP contribution is -2.51. The molecule has 8 atom stereocenters. The molecule has 62 heavy (non-hydrogen) atoms. The number of fused-ring (bicyclic) bond motifs is 6. The third-order valence-electron chi connectivity index (χ3n) is 16.8. The van der Waals surface area contributed by atoms with Gasteiger partial charge < -0.3 is 23.7 Å². The average molecular weight is 847 g/mol. The normalized spacial score (nSPS) is 29.1. The maximum Gasteiger partial charge on any atom is 0.343 e. The van der Waals surface area contributed by atoms with Crippen LogP contribution < -0.4 is 9.47 Å². The van der Waals surface area contributed by atoms with Crippen molar-refractivity contribution in [1.82, 2.24) is 0 Å². The van der Waals surface area contributed by atoms with Gasteiger partial charge in [0.25, 0.3) is 0 Å². The minimum atomic E-state index is -0.438. The van der Waals surface area contributed by atoms with Crippen molar-refractivity contribution in [3.8, 4) is 11.5 Å². The molecule has 0 spiro atoms. The van der Waals surface area contributed by atoms with E-state index in [4.69, 9.17) is 23.7 Å². The SMILES string of the molecule is CCC1(COCCCCOc2ccc(OC(=O)c3ccc4cc(C(=O)OC5CCC6(C)C(=CCC7C6CCC6(C)C(C(C)CCCC(C)C)CCC76)C5)ccc4c3)cc2)COC1. The summed E-state index contributed by atoms with van der Waals surface area (Å²) in [6.45, 7) is 18.4. The quantitative estimate of drug-likeness (QED) is 0.0546. The van der Waals surface area contributed by atoms with E-state index in [1.165, 1.54) is 56.9 Å². The Labute approximate surface area is 372 Å². The van der Waals surface area contributed by atoms with Gasteiger partial charge in [-0.2, -0.15) is 0 Å². The molecule has 4 fully saturated rings. The fourth-order valence-corrected chi connectivity index (χ4v) is 12.8. The molecule has 8 rings (SSSR count). The first-order chi connectivity index (χ1) is 29.9. The number of benzene rings is 3. The van der Waals surface area contributed by atoms with E-state index in [9.17, 15) is 9.59 Å². The predicted octanol–water partition coefficient (Wildman–Crippen LogP) is 13.2. The first kappa shape index (κ1) is 44.9. The van der Waals surface area contributed by atoms with Gasteiger partial charge in [-0.05, 0) is 170 Å². The second-order valence-electron chi connectivity index (χ2n) is 21.2. The van der Waals surface area contributed by atoms with Crippen LogP contribution in [-0.4, -0.2) is 51.1 Å². The number of hydrogen-bond acceptors (Lipinski definition) is 7. The first-order valence-corrected chi connectivity index (χ1v) is 24.4. The molecule has 0 amide bonds. The Morgan fingerprint density at radius 1 is 0.774 bits per heavy atom. The summed E-state index contributed by atoms with van der Waals surface area (Å²) >= 11 is 0. The van der Waals surface area contributed by atoms with E-state index in [1.54, 1.807) is 18.2 Å². The highest BCUT2D eigenvalue weighted by molar-refractivity contribution is 5.99. The Morgan fingerprint density at radius 3 is 2.18 bits per heavy atom. The molecule has 3 aromatic carbocycles. The van der Waals surface area contributed by atoms with Crippen LogP contribution in [0.2, 0.25) is 0 Å². The van der Waals surface area contributed by atoms with Gasteiger partial charge in [0.2, 0.25) is 0 Å². The van der Waals surface area contributed by atoms with Gasteiger partial charge in [-0.3, -0.25) is 0 Å². The topological polar surface area (TPSA) is 80.3 Å². The van der Waals surface area contributed by atoms with E-state index in [-0.39, 0.29) is 22.9 Å². The van der Waals surface area contributed by atoms with E-state index in [0.29, 0.717) is 28.9 Å². The second kappa shape index (κ2) is 19.2. The lowest BCUT2D eigenvalue weighted by atomic mass is 9.47. The summed E-state index contributed by atoms with van der Waals surface area (Å²) in [6.07, 6.45) is 19.1. The van der Waals surface area contributed by atoms with Crippen LogP contribution in [0.1, 0.15) is 152 Å². The zero-order valence-electron chi connectivity index (χ0n) is 38.7. The maximum absolute atomic E-state index is 13.6. The summed E-state index contributed by atoms with van der Waals surface area (Å²) in [6, 6.07) is 18.2. The monoisotopic (exact) mass is 847 g/mol. The third-order valence-corrected chi connectivity index (χ3v) is 16.8. The molecule has 4 aliphatic carbocycles. The van der Waals surface area contributed by atoms with Crippen molar-refractivity contribution in [3.63, 3.8) is 0 Å². The van der Waals surface area contributed by atoms with Gasteiger partial charge >= 0.3 is 11.9 Å². The molecular formula is C55H74O7. The van der Waals surface area contributed by atoms with Crippen LogP contribution in [0, 0.1) is 51.8 Å². The summed E-state index contributed by atoms with van der Waals surface area (Å²) in [7, 11) is 0. The van der Waals surface area contributed by atoms with Crippen molar-refractivity contribution >= 4 is 22.7 Å². The predicted molar refractivity (Wildman–Crippen MR) is 247 cm³/mol. The lowest BCUT2D eigenvalue weighted by Gasteiger charge is -2.58. The van der Waals surface area contributed by atoms with Crippen LogP contribution in [0.3, 0.4) is 0 Å². The highest BCUT2D eigenvalue weighted by atomic mass is 16.5. The van der Waals surface area contributed by atoms with Crippen LogP contribution >= 0.6 is 0 Å². The molecule has 7 heteroatoms. The third kappa shape index (κ3) is 9.55. The Hall–Kier alpha value is -3.68. The summed E-state index contributed by atoms with van der Waals surface area (Å²) in [4.78, 5) is 26.7. The molecule has 336 valence electrons. The number of carbonyl (C=O) groups excluding carboxylic acids is 2. The van der Waals surface area contributed by atoms with Gasteiger partial charge in [0.15, 0.2) is 0 Å². The van der Waals surface area contributed by atoms with Crippen molar-refractivity contribution in [2.75, 3.05) is 33.0 Å². The number of hydrogen-bond donors (Lipinski definition) is 0. The molecule has 1 heterocycles. The lowest BCUT2D eigenvalue weighted by molar-refractivity contribution is -0.150. The van der Waals surface area contributed by atoms with Crippen LogP contribution in [0.15, 0.2) is 72.3 Å². The number of rotatable bonds is 18. The summed E-state index contributed by atoms with van der Waals surface area (Å²) in [5.41, 5.74) is 3.45. The van der Waals surface area contributed by atoms with Gasteiger partial charge in [0.05, 0.1) is 37.6 Å². The van der Waals surface area contributed by atoms with Crippen LogP contribution in [0.25, 0.3) is 10.8 Å². The number of unbranched alkanes of at least 4 members (excludes halogenated alkanes) is 1. The Morgan fingerprint density at radius 2 is 1.48 bits per heavy atom. The number of allylic oxidation sites excluding steroid dienone is 1. The average Bonchev–Trinajstić information content (AvgIpc) is 3.61. The molecule has 0 radical (unpaired) electrons. The maximum atomic E-state index is 13.6. The molecule has 3 aromatic rings. The van der Waals surface area contributed by atoms with Gasteiger partial charge in [-0.1, -0.05) is 84.6 Å². The van der Waals surface area contributed by atoms with Gasteiger partial charge in [0, 0.05) is 18.4 Å². The molecular weight excluding hydrogens is 773 g/mol. The Bertz CT molecular complexity index is 2040. The molecule has 3 saturated carbocycles. The van der Waals surface area contributed by atoms with Crippen molar-refractivity contribution in [2.45, 2.75) is 138 Å². The van der Waals surface area contributed by atoms with Gasteiger partial charge in [-0.15, -0.1) is 0 Å². The molecule has 7 nitrogen and oxygen atoms in total. The van der Waals surface area contributed by atoms with E-state index >= 15 is 0 Å². The molecule has 0 aromatic heterocycles. The fourth-order valence-electron chi connectivity index (χ4n) is 12.8. The molecule has 0 bridgehead atoms. The largest absolute Gasteiger partial charge is 0.494 e. The Kier molecular flexibility index (Phi) is 13.9. The second-order valence-corrected chi connectivity index (χ2v) is 21.2. The molecule has 0 N–H and O–H groups in total. The Balaban J connectivity index is 0.799. The molecule has 8 unspecified atom stereocenters. The molecule has 1 saturated heterocycles. The van der Waals surface area contributed by atoms with Crippen molar-refractivity contribution in [1.29, 1.82) is 0 Å². The highest BCUT2D eigenvalue weighted by Gasteiger charge is 2.59. The summed E-state index contributed by atoms with van der Waals surface area (Å²) in [5.74, 6) is 5.36. The van der Waals surface area contributed by atoms with Crippen molar-refractivity contribution in [2.24, 2.45) is 51.8 Å². The summed E-state index contributed by atoms with van der Waals surface area (Å²) in [5, 5.41) is 1.74. The standard InChI is InChI=1S/C55H74O7/c1-7-55(35-59-36-55)34-58-29-8-9-30-60-44-18-20-45(21-19-44)61-51(56)41-15-13-40-32-42(16-14-39(40)31-41)52(57)62-46-25-27-53(5)43(33-46)17-22-47-49-24-23-48(38(4)12-10-11-37(2)3)54(49,6)28-26-50(47)53/h13-21,31-32,37-38,46-50H,7-12,22-30,33-36H2,1-6H3. The van der Waals surface area contributed by atoms with E-state index in [2.05, 4.69) is 47.6 Å². The number of esters is 2. The van der Waals surface area contributed by atoms with Crippen molar-refractivity contribution in [3.05, 3.63) is 83.4 Å². The number of carbonyl (C=O) groups is 2. The van der Waals surface area contributed by atoms with Crippen LogP contribution in [-0.2, 0) is 14.2 Å². The van der Waals surface area contributed by atoms with Gasteiger partial charge in [0.1, 0.15) is 17.6 Å². The van der Waals surface area contributed by atoms with E-state index < -0.39 is 5.97 Å². The highest BCUT2D eigenvalue weighted by Crippen LogP contribution is 2.67. The van der Waals surface area contributed by atoms with Crippen LogP contribution in [0.4, 0.5) is 0 Å². The minimum absolute atomic E-state index is 0.0976. The minimum Gasteiger partial charge on any atom is -0.494 e. The fraction of sp³-hybridized carbons (Fsp3) is 0.636. The van der Waals surface area contributed by atoms with Crippen molar-refractivity contribution < 1.29 is 33.3 Å². The zero-order chi connectivity index (χ0) is 43.5. The van der Waals surface area contributed by atoms with Crippen LogP contribution in [0.5, 0.6) is 11.5 Å². The first-order valence-electron chi connectivity index (χ1n) is 24.4. The summed E-state index contributed by atoms with van der Waals surface area (Å²) < 4.78 is 29.1. The zero-order valence-corrected chi connectivity index (χ0v) is 38.7. The van der Waals surface area contributed by atoms with Gasteiger partial charge in [-0.25, -0.2) is 9.59 Å². The molecule has 5 aliphatic rings. The number of ether oxygens (including phenoxy) is 5. The van der Waals surface area contributed by atoms with E-state index in [0.717, 1.165) is 117 Å². The molecule has 1 aliphatic heterocycles. The smallest absolute Gasteiger partial charge is 0.343 e.